The first-order chi connectivity index (χ1) is 9.70. The number of nitrogens with zero attached hydrogens (tertiary/aromatic N) is 2. The summed E-state index contributed by atoms with van der Waals surface area (Å²) in [6, 6.07) is 6.79. The molecular formula is C14H19F2N3O. The average Bonchev–Trinajstić information content (AvgIpc) is 2.95. The summed E-state index contributed by atoms with van der Waals surface area (Å²) in [7, 11) is 1.72. The van der Waals surface area contributed by atoms with Crippen molar-refractivity contribution in [3.05, 3.63) is 29.8 Å². The van der Waals surface area contributed by atoms with Gasteiger partial charge in [0.05, 0.1) is 0 Å². The van der Waals surface area contributed by atoms with Crippen LogP contribution in [0.3, 0.4) is 0 Å². The standard InChI is InChI=1S/C14H19F2N3O/c1-17-14(19-8-4-5-9-19)18-10-11-6-2-3-7-12(11)20-13(15)16/h2-3,6-7,13H,4-5,8-10H2,1H3,(H,17,18). The van der Waals surface area contributed by atoms with Crippen LogP contribution in [0.2, 0.25) is 0 Å². The van der Waals surface area contributed by atoms with Gasteiger partial charge in [-0.2, -0.15) is 8.78 Å². The number of ether oxygens (including phenoxy) is 1. The van der Waals surface area contributed by atoms with Gasteiger partial charge >= 0.3 is 6.61 Å². The van der Waals surface area contributed by atoms with Gasteiger partial charge in [-0.25, -0.2) is 0 Å². The Labute approximate surface area is 117 Å². The lowest BCUT2D eigenvalue weighted by molar-refractivity contribution is -0.0504. The second kappa shape index (κ2) is 7.07. The number of hydrogen-bond donors (Lipinski definition) is 1. The van der Waals surface area contributed by atoms with Crippen LogP contribution in [0.15, 0.2) is 29.3 Å². The summed E-state index contributed by atoms with van der Waals surface area (Å²) in [4.78, 5) is 6.38. The molecule has 2 rings (SSSR count). The van der Waals surface area contributed by atoms with Gasteiger partial charge in [0.2, 0.25) is 0 Å². The third-order valence-electron chi connectivity index (χ3n) is 3.24. The molecule has 20 heavy (non-hydrogen) atoms. The Kier molecular flexibility index (Phi) is 5.15. The number of nitrogens with one attached hydrogen (secondary N) is 1. The maximum atomic E-state index is 12.3. The average molecular weight is 283 g/mol. The van der Waals surface area contributed by atoms with E-state index < -0.39 is 6.61 Å². The van der Waals surface area contributed by atoms with E-state index in [1.807, 2.05) is 0 Å². The second-order valence-electron chi connectivity index (χ2n) is 4.58. The zero-order valence-electron chi connectivity index (χ0n) is 11.5. The predicted molar refractivity (Wildman–Crippen MR) is 74.1 cm³/mol. The Bertz CT molecular complexity index is 459. The van der Waals surface area contributed by atoms with Gasteiger partial charge < -0.3 is 15.0 Å². The molecule has 0 aromatic heterocycles. The molecule has 0 bridgehead atoms. The van der Waals surface area contributed by atoms with E-state index in [1.54, 1.807) is 31.3 Å². The summed E-state index contributed by atoms with van der Waals surface area (Å²) >= 11 is 0. The minimum Gasteiger partial charge on any atom is -0.434 e. The van der Waals surface area contributed by atoms with Crippen molar-refractivity contribution in [1.82, 2.24) is 10.2 Å². The van der Waals surface area contributed by atoms with Crippen molar-refractivity contribution in [2.24, 2.45) is 4.99 Å². The molecule has 1 aliphatic rings. The van der Waals surface area contributed by atoms with E-state index in [-0.39, 0.29) is 5.75 Å². The third-order valence-corrected chi connectivity index (χ3v) is 3.24. The molecule has 1 aromatic rings. The van der Waals surface area contributed by atoms with Gasteiger partial charge in [-0.1, -0.05) is 18.2 Å². The Balaban J connectivity index is 1.99. The van der Waals surface area contributed by atoms with Crippen molar-refractivity contribution in [3.63, 3.8) is 0 Å². The highest BCUT2D eigenvalue weighted by atomic mass is 19.3. The summed E-state index contributed by atoms with van der Waals surface area (Å²) < 4.78 is 29.2. The molecule has 0 atom stereocenters. The van der Waals surface area contributed by atoms with Crippen LogP contribution < -0.4 is 10.1 Å². The molecule has 0 aliphatic carbocycles. The van der Waals surface area contributed by atoms with E-state index in [9.17, 15) is 8.78 Å². The molecule has 1 fully saturated rings. The molecule has 1 heterocycles. The minimum absolute atomic E-state index is 0.201. The first-order valence-electron chi connectivity index (χ1n) is 6.69. The molecule has 1 aromatic carbocycles. The van der Waals surface area contributed by atoms with Crippen molar-refractivity contribution in [3.8, 4) is 5.75 Å². The fourth-order valence-corrected chi connectivity index (χ4v) is 2.30. The number of rotatable bonds is 4. The lowest BCUT2D eigenvalue weighted by atomic mass is 10.2. The number of likely N-dealkylation sites (tertiary alicyclic amines) is 1. The Hall–Kier alpha value is -1.85. The van der Waals surface area contributed by atoms with Crippen LogP contribution in [0, 0.1) is 0 Å². The summed E-state index contributed by atoms with van der Waals surface area (Å²) in [6.07, 6.45) is 2.32. The van der Waals surface area contributed by atoms with Crippen molar-refractivity contribution in [2.75, 3.05) is 20.1 Å². The summed E-state index contributed by atoms with van der Waals surface area (Å²) in [5, 5.41) is 3.19. The molecule has 110 valence electrons. The number of guanidine groups is 1. The molecule has 0 saturated carbocycles. The van der Waals surface area contributed by atoms with Crippen molar-refractivity contribution in [2.45, 2.75) is 26.0 Å². The van der Waals surface area contributed by atoms with Gasteiger partial charge in [-0.15, -0.1) is 0 Å². The van der Waals surface area contributed by atoms with Crippen LogP contribution in [-0.2, 0) is 6.54 Å². The first-order valence-corrected chi connectivity index (χ1v) is 6.69. The Morgan fingerprint density at radius 2 is 2.05 bits per heavy atom. The molecule has 0 radical (unpaired) electrons. The van der Waals surface area contributed by atoms with Gasteiger partial charge in [-0.05, 0) is 18.9 Å². The fourth-order valence-electron chi connectivity index (χ4n) is 2.30. The molecule has 0 amide bonds. The predicted octanol–water partition coefficient (Wildman–Crippen LogP) is 2.46. The molecule has 1 aliphatic heterocycles. The summed E-state index contributed by atoms with van der Waals surface area (Å²) in [6.45, 7) is -0.440. The molecular weight excluding hydrogens is 264 g/mol. The van der Waals surface area contributed by atoms with Gasteiger partial charge in [0.25, 0.3) is 0 Å². The highest BCUT2D eigenvalue weighted by Gasteiger charge is 2.16. The molecule has 0 unspecified atom stereocenters. The van der Waals surface area contributed by atoms with E-state index in [0.717, 1.165) is 31.9 Å². The molecule has 1 N–H and O–H groups in total. The monoisotopic (exact) mass is 283 g/mol. The quantitative estimate of drug-likeness (QED) is 0.681. The molecule has 0 spiro atoms. The van der Waals surface area contributed by atoms with E-state index in [2.05, 4.69) is 19.9 Å². The maximum absolute atomic E-state index is 12.3. The Morgan fingerprint density at radius 3 is 2.70 bits per heavy atom. The summed E-state index contributed by atoms with van der Waals surface area (Å²) in [5.74, 6) is 1.00. The van der Waals surface area contributed by atoms with Crippen molar-refractivity contribution >= 4 is 5.96 Å². The van der Waals surface area contributed by atoms with E-state index >= 15 is 0 Å². The number of para-hydroxylation sites is 1. The van der Waals surface area contributed by atoms with Crippen LogP contribution in [0.5, 0.6) is 5.75 Å². The number of aliphatic imine (C=N–C) groups is 1. The zero-order valence-corrected chi connectivity index (χ0v) is 11.5. The van der Waals surface area contributed by atoms with Crippen LogP contribution in [0.1, 0.15) is 18.4 Å². The normalized spacial score (nSPS) is 15.8. The van der Waals surface area contributed by atoms with E-state index in [4.69, 9.17) is 0 Å². The van der Waals surface area contributed by atoms with Gasteiger partial charge in [0.1, 0.15) is 5.75 Å². The van der Waals surface area contributed by atoms with Crippen LogP contribution in [-0.4, -0.2) is 37.6 Å². The zero-order chi connectivity index (χ0) is 14.4. The SMILES string of the molecule is CN=C(NCc1ccccc1OC(F)F)N1CCCC1. The molecule has 1 saturated heterocycles. The van der Waals surface area contributed by atoms with E-state index in [1.165, 1.54) is 0 Å². The van der Waals surface area contributed by atoms with Crippen LogP contribution >= 0.6 is 0 Å². The van der Waals surface area contributed by atoms with Crippen LogP contribution in [0.4, 0.5) is 8.78 Å². The summed E-state index contributed by atoms with van der Waals surface area (Å²) in [5.41, 5.74) is 0.688. The highest BCUT2D eigenvalue weighted by Crippen LogP contribution is 2.20. The molecule has 6 heteroatoms. The van der Waals surface area contributed by atoms with Crippen molar-refractivity contribution in [1.29, 1.82) is 0 Å². The molecule has 4 nitrogen and oxygen atoms in total. The first kappa shape index (κ1) is 14.6. The fraction of sp³-hybridized carbons (Fsp3) is 0.500. The number of hydrogen-bond acceptors (Lipinski definition) is 2. The lowest BCUT2D eigenvalue weighted by Gasteiger charge is -2.21. The number of benzene rings is 1. The smallest absolute Gasteiger partial charge is 0.387 e. The largest absolute Gasteiger partial charge is 0.434 e. The topological polar surface area (TPSA) is 36.9 Å². The van der Waals surface area contributed by atoms with E-state index in [0.29, 0.717) is 12.1 Å². The van der Waals surface area contributed by atoms with Gasteiger partial charge in [-0.3, -0.25) is 4.99 Å². The minimum atomic E-state index is -2.81. The highest BCUT2D eigenvalue weighted by molar-refractivity contribution is 5.80. The van der Waals surface area contributed by atoms with Crippen molar-refractivity contribution < 1.29 is 13.5 Å². The van der Waals surface area contributed by atoms with Gasteiger partial charge in [0, 0.05) is 32.2 Å². The number of alkyl halides is 2. The second-order valence-corrected chi connectivity index (χ2v) is 4.58. The maximum Gasteiger partial charge on any atom is 0.387 e. The third kappa shape index (κ3) is 3.82. The van der Waals surface area contributed by atoms with Gasteiger partial charge in [0.15, 0.2) is 5.96 Å². The number of halogens is 2. The lowest BCUT2D eigenvalue weighted by Crippen LogP contribution is -2.39. The van der Waals surface area contributed by atoms with Crippen LogP contribution in [0.25, 0.3) is 0 Å². The Morgan fingerprint density at radius 1 is 1.35 bits per heavy atom.